The second-order valence-electron chi connectivity index (χ2n) is 4.67. The van der Waals surface area contributed by atoms with Crippen LogP contribution in [0.3, 0.4) is 0 Å². The van der Waals surface area contributed by atoms with Gasteiger partial charge in [-0.1, -0.05) is 0 Å². The lowest BCUT2D eigenvalue weighted by molar-refractivity contribution is -0.141. The molecule has 0 saturated carbocycles. The van der Waals surface area contributed by atoms with E-state index in [2.05, 4.69) is 0 Å². The molecule has 2 N–H and O–H groups in total. The van der Waals surface area contributed by atoms with Crippen molar-refractivity contribution in [3.63, 3.8) is 0 Å². The van der Waals surface area contributed by atoms with Gasteiger partial charge in [0.2, 0.25) is 17.7 Å². The van der Waals surface area contributed by atoms with Crippen molar-refractivity contribution in [3.8, 4) is 0 Å². The summed E-state index contributed by atoms with van der Waals surface area (Å²) in [6.07, 6.45) is 0. The van der Waals surface area contributed by atoms with Crippen LogP contribution in [0.4, 0.5) is 0 Å². The maximum absolute atomic E-state index is 11.9. The molecule has 0 aliphatic carbocycles. The van der Waals surface area contributed by atoms with Crippen LogP contribution in [0.1, 0.15) is 13.8 Å². The van der Waals surface area contributed by atoms with E-state index in [9.17, 15) is 14.4 Å². The molecular weight excluding hydrogens is 222 g/mol. The number of hydrogen-bond donors (Lipinski definition) is 1. The van der Waals surface area contributed by atoms with Crippen LogP contribution >= 0.6 is 0 Å². The summed E-state index contributed by atoms with van der Waals surface area (Å²) < 4.78 is 0. The highest BCUT2D eigenvalue weighted by molar-refractivity contribution is 6.06. The molecule has 0 bridgehead atoms. The predicted octanol–water partition coefficient (Wildman–Crippen LogP) is -1.20. The fourth-order valence-electron chi connectivity index (χ4n) is 2.59. The molecular formula is C11H17N3O3. The zero-order valence-electron chi connectivity index (χ0n) is 10.0. The van der Waals surface area contributed by atoms with Crippen LogP contribution in [0.15, 0.2) is 0 Å². The maximum atomic E-state index is 11.9. The zero-order valence-corrected chi connectivity index (χ0v) is 10.0. The first-order valence-electron chi connectivity index (χ1n) is 5.87. The number of carbonyl (C=O) groups is 3. The molecule has 6 heteroatoms. The van der Waals surface area contributed by atoms with Gasteiger partial charge in [-0.05, 0) is 13.8 Å². The lowest BCUT2D eigenvalue weighted by Gasteiger charge is -2.21. The van der Waals surface area contributed by atoms with E-state index in [-0.39, 0.29) is 29.6 Å². The Morgan fingerprint density at radius 2 is 1.82 bits per heavy atom. The molecule has 3 atom stereocenters. The molecule has 0 radical (unpaired) electrons. The number of nitrogens with two attached hydrogens (primary N) is 1. The minimum Gasteiger partial charge on any atom is -0.340 e. The Labute approximate surface area is 99.7 Å². The number of likely N-dealkylation sites (tertiary alicyclic amines) is 2. The van der Waals surface area contributed by atoms with E-state index in [0.717, 1.165) is 0 Å². The van der Waals surface area contributed by atoms with Gasteiger partial charge in [0.15, 0.2) is 0 Å². The molecule has 0 aromatic heterocycles. The summed E-state index contributed by atoms with van der Waals surface area (Å²) >= 11 is 0. The standard InChI is InChI=1S/C11H17N3O3/c1-3-14-10(16)7-4-13(9(15)6(2)12)5-8(7)11(14)17/h6-8H,3-5,12H2,1-2H3/t6-,7-,8+/m1/s1. The van der Waals surface area contributed by atoms with E-state index >= 15 is 0 Å². The second kappa shape index (κ2) is 4.10. The fraction of sp³-hybridized carbons (Fsp3) is 0.727. The SMILES string of the molecule is CCN1C(=O)[C@H]2CN(C(=O)[C@@H](C)N)C[C@H]2C1=O. The van der Waals surface area contributed by atoms with E-state index in [1.807, 2.05) is 0 Å². The van der Waals surface area contributed by atoms with Crippen LogP contribution in [0, 0.1) is 11.8 Å². The van der Waals surface area contributed by atoms with Crippen LogP contribution < -0.4 is 5.73 Å². The molecule has 2 aliphatic rings. The van der Waals surface area contributed by atoms with Crippen molar-refractivity contribution in [2.45, 2.75) is 19.9 Å². The quantitative estimate of drug-likeness (QED) is 0.613. The molecule has 0 aromatic rings. The average Bonchev–Trinajstić information content (AvgIpc) is 2.80. The zero-order chi connectivity index (χ0) is 12.7. The highest BCUT2D eigenvalue weighted by Crippen LogP contribution is 2.33. The summed E-state index contributed by atoms with van der Waals surface area (Å²) in [5.41, 5.74) is 5.52. The largest absolute Gasteiger partial charge is 0.340 e. The van der Waals surface area contributed by atoms with Gasteiger partial charge < -0.3 is 10.6 Å². The van der Waals surface area contributed by atoms with E-state index in [4.69, 9.17) is 5.73 Å². The molecule has 2 saturated heterocycles. The van der Waals surface area contributed by atoms with E-state index < -0.39 is 6.04 Å². The van der Waals surface area contributed by atoms with Crippen molar-refractivity contribution in [2.24, 2.45) is 17.6 Å². The molecule has 2 heterocycles. The van der Waals surface area contributed by atoms with Gasteiger partial charge in [0.1, 0.15) is 0 Å². The summed E-state index contributed by atoms with van der Waals surface area (Å²) in [7, 11) is 0. The number of fused-ring (bicyclic) bond motifs is 1. The maximum Gasteiger partial charge on any atom is 0.239 e. The highest BCUT2D eigenvalue weighted by atomic mass is 16.2. The van der Waals surface area contributed by atoms with Crippen LogP contribution in [0.25, 0.3) is 0 Å². The molecule has 0 aromatic carbocycles. The molecule has 2 rings (SSSR count). The summed E-state index contributed by atoms with van der Waals surface area (Å²) in [5.74, 6) is -1.21. The Morgan fingerprint density at radius 1 is 1.35 bits per heavy atom. The van der Waals surface area contributed by atoms with Gasteiger partial charge in [-0.15, -0.1) is 0 Å². The van der Waals surface area contributed by atoms with E-state index in [1.165, 1.54) is 9.80 Å². The third kappa shape index (κ3) is 1.72. The Kier molecular flexibility index (Phi) is 2.91. The average molecular weight is 239 g/mol. The van der Waals surface area contributed by atoms with Gasteiger partial charge in [-0.25, -0.2) is 0 Å². The molecule has 17 heavy (non-hydrogen) atoms. The van der Waals surface area contributed by atoms with E-state index in [0.29, 0.717) is 19.6 Å². The van der Waals surface area contributed by atoms with Crippen molar-refractivity contribution in [3.05, 3.63) is 0 Å². The number of hydrogen-bond acceptors (Lipinski definition) is 4. The molecule has 0 unspecified atom stereocenters. The summed E-state index contributed by atoms with van der Waals surface area (Å²) in [5, 5.41) is 0. The first kappa shape index (κ1) is 12.0. The summed E-state index contributed by atoms with van der Waals surface area (Å²) in [6.45, 7) is 4.45. The van der Waals surface area contributed by atoms with E-state index in [1.54, 1.807) is 13.8 Å². The minimum atomic E-state index is -0.582. The second-order valence-corrected chi connectivity index (χ2v) is 4.67. The molecule has 3 amide bonds. The third-order valence-corrected chi connectivity index (χ3v) is 3.50. The monoisotopic (exact) mass is 239 g/mol. The lowest BCUT2D eigenvalue weighted by atomic mass is 10.00. The van der Waals surface area contributed by atoms with Crippen molar-refractivity contribution < 1.29 is 14.4 Å². The minimum absolute atomic E-state index is 0.150. The third-order valence-electron chi connectivity index (χ3n) is 3.50. The Bertz CT molecular complexity index is 356. The van der Waals surface area contributed by atoms with Crippen LogP contribution in [-0.2, 0) is 14.4 Å². The first-order valence-corrected chi connectivity index (χ1v) is 5.87. The van der Waals surface area contributed by atoms with Crippen molar-refractivity contribution in [1.29, 1.82) is 0 Å². The Balaban J connectivity index is 2.13. The van der Waals surface area contributed by atoms with Crippen LogP contribution in [0.5, 0.6) is 0 Å². The van der Waals surface area contributed by atoms with Crippen LogP contribution in [0.2, 0.25) is 0 Å². The Morgan fingerprint density at radius 3 is 2.18 bits per heavy atom. The Hall–Kier alpha value is -1.43. The summed E-state index contributed by atoms with van der Waals surface area (Å²) in [4.78, 5) is 38.3. The lowest BCUT2D eigenvalue weighted by Crippen LogP contribution is -2.43. The van der Waals surface area contributed by atoms with Crippen molar-refractivity contribution in [1.82, 2.24) is 9.80 Å². The van der Waals surface area contributed by atoms with Gasteiger partial charge in [0.05, 0.1) is 17.9 Å². The van der Waals surface area contributed by atoms with Gasteiger partial charge in [0, 0.05) is 19.6 Å². The first-order chi connectivity index (χ1) is 7.97. The van der Waals surface area contributed by atoms with Crippen molar-refractivity contribution in [2.75, 3.05) is 19.6 Å². The number of amides is 3. The molecule has 6 nitrogen and oxygen atoms in total. The van der Waals surface area contributed by atoms with Crippen molar-refractivity contribution >= 4 is 17.7 Å². The predicted molar refractivity (Wildman–Crippen MR) is 59.6 cm³/mol. The molecule has 0 spiro atoms. The molecule has 94 valence electrons. The molecule has 2 fully saturated rings. The van der Waals surface area contributed by atoms with Crippen LogP contribution in [-0.4, -0.2) is 53.2 Å². The smallest absolute Gasteiger partial charge is 0.239 e. The van der Waals surface area contributed by atoms with Gasteiger partial charge >= 0.3 is 0 Å². The number of imide groups is 1. The number of carbonyl (C=O) groups excluding carboxylic acids is 3. The number of nitrogens with zero attached hydrogens (tertiary/aromatic N) is 2. The number of rotatable bonds is 2. The normalized spacial score (nSPS) is 29.8. The summed E-state index contributed by atoms with van der Waals surface area (Å²) in [6, 6.07) is -0.582. The van der Waals surface area contributed by atoms with Gasteiger partial charge in [-0.2, -0.15) is 0 Å². The van der Waals surface area contributed by atoms with Gasteiger partial charge in [-0.3, -0.25) is 19.3 Å². The fourth-order valence-corrected chi connectivity index (χ4v) is 2.59. The highest BCUT2D eigenvalue weighted by Gasteiger charge is 2.52. The topological polar surface area (TPSA) is 83.7 Å². The van der Waals surface area contributed by atoms with Gasteiger partial charge in [0.25, 0.3) is 0 Å². The molecule has 2 aliphatic heterocycles.